The van der Waals surface area contributed by atoms with Crippen LogP contribution in [0.25, 0.3) is 0 Å². The Labute approximate surface area is 132 Å². The lowest BCUT2D eigenvalue weighted by atomic mass is 9.64. The van der Waals surface area contributed by atoms with Crippen molar-refractivity contribution < 1.29 is 9.53 Å². The Bertz CT molecular complexity index is 488. The summed E-state index contributed by atoms with van der Waals surface area (Å²) in [6.45, 7) is 6.22. The molecule has 21 heavy (non-hydrogen) atoms. The molecule has 3 N–H and O–H groups in total. The monoisotopic (exact) mass is 312 g/mol. The van der Waals surface area contributed by atoms with E-state index in [-0.39, 0.29) is 35.9 Å². The van der Waals surface area contributed by atoms with Gasteiger partial charge in [0.1, 0.15) is 6.04 Å². The molecule has 0 aliphatic heterocycles. The molecule has 1 amide bonds. The zero-order chi connectivity index (χ0) is 14.9. The largest absolute Gasteiger partial charge is 0.381 e. The number of carbonyl (C=O) groups is 1. The van der Waals surface area contributed by atoms with Crippen molar-refractivity contribution in [1.82, 2.24) is 5.32 Å². The Morgan fingerprint density at radius 2 is 1.95 bits per heavy atom. The first-order valence-corrected chi connectivity index (χ1v) is 7.01. The summed E-state index contributed by atoms with van der Waals surface area (Å²) in [7, 11) is 1.71. The van der Waals surface area contributed by atoms with E-state index < -0.39 is 6.04 Å². The fourth-order valence-electron chi connectivity index (χ4n) is 2.72. The quantitative estimate of drug-likeness (QED) is 0.897. The zero-order valence-electron chi connectivity index (χ0n) is 13.1. The maximum Gasteiger partial charge on any atom is 0.241 e. The molecular formula is C16H25ClN2O2. The molecule has 2 rings (SSSR count). The van der Waals surface area contributed by atoms with E-state index in [1.165, 1.54) is 0 Å². The van der Waals surface area contributed by atoms with Gasteiger partial charge in [0.25, 0.3) is 0 Å². The number of carbonyl (C=O) groups excluding carboxylic acids is 1. The summed E-state index contributed by atoms with van der Waals surface area (Å²) in [5.74, 6) is -0.124. The zero-order valence-corrected chi connectivity index (χ0v) is 13.9. The van der Waals surface area contributed by atoms with Crippen molar-refractivity contribution in [3.8, 4) is 0 Å². The number of nitrogens with one attached hydrogen (secondary N) is 1. The van der Waals surface area contributed by atoms with Gasteiger partial charge in [-0.25, -0.2) is 0 Å². The summed E-state index contributed by atoms with van der Waals surface area (Å²) in [6, 6.07) is 7.25. The van der Waals surface area contributed by atoms with Crippen LogP contribution in [0.4, 0.5) is 0 Å². The third kappa shape index (κ3) is 3.57. The van der Waals surface area contributed by atoms with Crippen LogP contribution in [0, 0.1) is 12.3 Å². The van der Waals surface area contributed by atoms with Gasteiger partial charge in [0.2, 0.25) is 5.91 Å². The molecule has 5 heteroatoms. The highest BCUT2D eigenvalue weighted by atomic mass is 35.5. The van der Waals surface area contributed by atoms with E-state index >= 15 is 0 Å². The lowest BCUT2D eigenvalue weighted by Crippen LogP contribution is -2.62. The SMILES string of the molecule is COC1CC(NC(=O)C(N)c2ccc(C)cc2)C1(C)C.Cl. The van der Waals surface area contributed by atoms with Crippen LogP contribution in [0.15, 0.2) is 24.3 Å². The lowest BCUT2D eigenvalue weighted by molar-refractivity contribution is -0.133. The standard InChI is InChI=1S/C16H24N2O2.ClH/c1-10-5-7-11(8-6-10)14(17)15(19)18-12-9-13(20-4)16(12,2)3;/h5-8,12-14H,9,17H2,1-4H3,(H,18,19);1H. The fourth-order valence-corrected chi connectivity index (χ4v) is 2.72. The van der Waals surface area contributed by atoms with Crippen LogP contribution in [0.5, 0.6) is 0 Å². The average Bonchev–Trinajstić information content (AvgIpc) is 2.42. The van der Waals surface area contributed by atoms with Gasteiger partial charge < -0.3 is 15.8 Å². The average molecular weight is 313 g/mol. The van der Waals surface area contributed by atoms with Gasteiger partial charge >= 0.3 is 0 Å². The number of methoxy groups -OCH3 is 1. The van der Waals surface area contributed by atoms with E-state index in [0.717, 1.165) is 17.5 Å². The van der Waals surface area contributed by atoms with Crippen molar-refractivity contribution in [3.63, 3.8) is 0 Å². The van der Waals surface area contributed by atoms with Crippen LogP contribution in [0.2, 0.25) is 0 Å². The van der Waals surface area contributed by atoms with E-state index in [9.17, 15) is 4.79 Å². The van der Waals surface area contributed by atoms with Gasteiger partial charge in [0.15, 0.2) is 0 Å². The van der Waals surface area contributed by atoms with Crippen LogP contribution < -0.4 is 11.1 Å². The maximum absolute atomic E-state index is 12.2. The second-order valence-electron chi connectivity index (χ2n) is 6.23. The minimum Gasteiger partial charge on any atom is -0.381 e. The fraction of sp³-hybridized carbons (Fsp3) is 0.562. The van der Waals surface area contributed by atoms with Crippen LogP contribution in [-0.4, -0.2) is 25.2 Å². The molecule has 1 aliphatic rings. The summed E-state index contributed by atoms with van der Waals surface area (Å²) >= 11 is 0. The number of amides is 1. The molecule has 0 bridgehead atoms. The highest BCUT2D eigenvalue weighted by Crippen LogP contribution is 2.42. The van der Waals surface area contributed by atoms with E-state index in [1.54, 1.807) is 7.11 Å². The summed E-state index contributed by atoms with van der Waals surface area (Å²) < 4.78 is 5.39. The van der Waals surface area contributed by atoms with Gasteiger partial charge in [-0.15, -0.1) is 12.4 Å². The molecule has 0 radical (unpaired) electrons. The molecule has 3 atom stereocenters. The molecule has 0 spiro atoms. The van der Waals surface area contributed by atoms with E-state index in [0.29, 0.717) is 0 Å². The highest BCUT2D eigenvalue weighted by Gasteiger charge is 2.49. The minimum atomic E-state index is -0.618. The Balaban J connectivity index is 0.00000220. The van der Waals surface area contributed by atoms with Gasteiger partial charge in [-0.1, -0.05) is 43.7 Å². The Kier molecular flexibility index (Phi) is 5.79. The van der Waals surface area contributed by atoms with Crippen molar-refractivity contribution in [2.24, 2.45) is 11.1 Å². The molecule has 1 aromatic carbocycles. The van der Waals surface area contributed by atoms with Gasteiger partial charge in [-0.3, -0.25) is 4.79 Å². The Morgan fingerprint density at radius 1 is 1.38 bits per heavy atom. The van der Waals surface area contributed by atoms with E-state index in [4.69, 9.17) is 10.5 Å². The molecular weight excluding hydrogens is 288 g/mol. The molecule has 1 aromatic rings. The molecule has 0 heterocycles. The number of benzene rings is 1. The summed E-state index contributed by atoms with van der Waals surface area (Å²) in [5.41, 5.74) is 7.98. The smallest absolute Gasteiger partial charge is 0.241 e. The van der Waals surface area contributed by atoms with Gasteiger partial charge in [0, 0.05) is 18.6 Å². The first-order chi connectivity index (χ1) is 9.36. The number of hydrogen-bond acceptors (Lipinski definition) is 3. The summed E-state index contributed by atoms with van der Waals surface area (Å²) in [5, 5.41) is 3.04. The molecule has 4 nitrogen and oxygen atoms in total. The Morgan fingerprint density at radius 3 is 2.43 bits per heavy atom. The molecule has 118 valence electrons. The van der Waals surface area contributed by atoms with E-state index in [1.807, 2.05) is 31.2 Å². The molecule has 3 unspecified atom stereocenters. The molecule has 1 fully saturated rings. The summed E-state index contributed by atoms with van der Waals surface area (Å²) in [6.07, 6.45) is 1.04. The second kappa shape index (κ2) is 6.77. The number of nitrogens with two attached hydrogens (primary N) is 1. The maximum atomic E-state index is 12.2. The second-order valence-corrected chi connectivity index (χ2v) is 6.23. The molecule has 1 saturated carbocycles. The number of ether oxygens (including phenoxy) is 1. The minimum absolute atomic E-state index is 0. The third-order valence-electron chi connectivity index (χ3n) is 4.50. The first kappa shape index (κ1) is 18.0. The van der Waals surface area contributed by atoms with Crippen molar-refractivity contribution in [2.75, 3.05) is 7.11 Å². The van der Waals surface area contributed by atoms with Gasteiger partial charge in [-0.2, -0.15) is 0 Å². The van der Waals surface area contributed by atoms with Crippen molar-refractivity contribution in [2.45, 2.75) is 45.4 Å². The lowest BCUT2D eigenvalue weighted by Gasteiger charge is -2.51. The van der Waals surface area contributed by atoms with Crippen molar-refractivity contribution in [1.29, 1.82) is 0 Å². The predicted molar refractivity (Wildman–Crippen MR) is 86.5 cm³/mol. The molecule has 1 aliphatic carbocycles. The molecule has 0 saturated heterocycles. The van der Waals surface area contributed by atoms with Crippen LogP contribution in [-0.2, 0) is 9.53 Å². The third-order valence-corrected chi connectivity index (χ3v) is 4.50. The normalized spacial score (nSPS) is 24.4. The number of rotatable bonds is 4. The molecule has 0 aromatic heterocycles. The predicted octanol–water partition coefficient (Wildman–Crippen LogP) is 2.35. The van der Waals surface area contributed by atoms with Crippen molar-refractivity contribution in [3.05, 3.63) is 35.4 Å². The first-order valence-electron chi connectivity index (χ1n) is 7.01. The van der Waals surface area contributed by atoms with Gasteiger partial charge in [-0.05, 0) is 18.9 Å². The van der Waals surface area contributed by atoms with Crippen LogP contribution in [0.1, 0.15) is 37.4 Å². The number of hydrogen-bond donors (Lipinski definition) is 2. The van der Waals surface area contributed by atoms with E-state index in [2.05, 4.69) is 19.2 Å². The van der Waals surface area contributed by atoms with Gasteiger partial charge in [0.05, 0.1) is 6.10 Å². The topological polar surface area (TPSA) is 64.3 Å². The number of aryl methyl sites for hydroxylation is 1. The highest BCUT2D eigenvalue weighted by molar-refractivity contribution is 5.85. The van der Waals surface area contributed by atoms with Crippen LogP contribution in [0.3, 0.4) is 0 Å². The summed E-state index contributed by atoms with van der Waals surface area (Å²) in [4.78, 5) is 12.2. The number of halogens is 1. The van der Waals surface area contributed by atoms with Crippen LogP contribution >= 0.6 is 12.4 Å². The Hall–Kier alpha value is -1.10. The van der Waals surface area contributed by atoms with Crippen molar-refractivity contribution >= 4 is 18.3 Å².